The lowest BCUT2D eigenvalue weighted by Crippen LogP contribution is -2.19. The first-order valence-corrected chi connectivity index (χ1v) is 8.83. The molecule has 0 aliphatic heterocycles. The van der Waals surface area contributed by atoms with E-state index in [-0.39, 0.29) is 0 Å². The summed E-state index contributed by atoms with van der Waals surface area (Å²) < 4.78 is 1.13. The molecule has 0 aliphatic rings. The van der Waals surface area contributed by atoms with Crippen molar-refractivity contribution < 1.29 is 0 Å². The van der Waals surface area contributed by atoms with Gasteiger partial charge in [0.25, 0.3) is 0 Å². The van der Waals surface area contributed by atoms with Crippen molar-refractivity contribution in [2.45, 2.75) is 33.4 Å². The van der Waals surface area contributed by atoms with Crippen LogP contribution in [0, 0.1) is 6.92 Å². The van der Waals surface area contributed by atoms with Crippen LogP contribution < -0.4 is 10.2 Å². The molecule has 0 saturated heterocycles. The van der Waals surface area contributed by atoms with E-state index < -0.39 is 0 Å². The average Bonchev–Trinajstić information content (AvgIpc) is 2.84. The summed E-state index contributed by atoms with van der Waals surface area (Å²) in [6, 6.07) is 6.96. The fraction of sp³-hybridized carbons (Fsp3) is 0.438. The van der Waals surface area contributed by atoms with Crippen molar-refractivity contribution in [3.8, 4) is 0 Å². The van der Waals surface area contributed by atoms with Crippen LogP contribution in [0.3, 0.4) is 0 Å². The second-order valence-electron chi connectivity index (χ2n) is 5.21. The predicted molar refractivity (Wildman–Crippen MR) is 95.2 cm³/mol. The Hall–Kier alpha value is -0.910. The summed E-state index contributed by atoms with van der Waals surface area (Å²) in [6.07, 6.45) is 0. The second kappa shape index (κ2) is 7.38. The number of anilines is 1. The summed E-state index contributed by atoms with van der Waals surface area (Å²) in [6.45, 7) is 8.25. The molecule has 3 nitrogen and oxygen atoms in total. The molecule has 0 amide bonds. The fourth-order valence-corrected chi connectivity index (χ4v) is 3.83. The third-order valence-corrected chi connectivity index (χ3v) is 5.17. The molecule has 0 radical (unpaired) electrons. The number of nitrogens with one attached hydrogen (secondary N) is 1. The summed E-state index contributed by atoms with van der Waals surface area (Å²) in [4.78, 5) is 7.89. The van der Waals surface area contributed by atoms with Gasteiger partial charge in [-0.15, -0.1) is 11.3 Å². The molecule has 5 heteroatoms. The van der Waals surface area contributed by atoms with E-state index in [0.29, 0.717) is 6.04 Å². The van der Waals surface area contributed by atoms with Crippen molar-refractivity contribution in [2.75, 3.05) is 18.5 Å². The van der Waals surface area contributed by atoms with Crippen molar-refractivity contribution in [1.82, 2.24) is 10.3 Å². The number of nitrogens with zero attached hydrogens (tertiary/aromatic N) is 2. The van der Waals surface area contributed by atoms with Gasteiger partial charge in [0.2, 0.25) is 0 Å². The predicted octanol–water partition coefficient (Wildman–Crippen LogP) is 4.52. The number of thiazole rings is 1. The highest BCUT2D eigenvalue weighted by molar-refractivity contribution is 9.10. The summed E-state index contributed by atoms with van der Waals surface area (Å²) >= 11 is 5.42. The molecule has 1 aromatic carbocycles. The minimum Gasteiger partial charge on any atom is -0.368 e. The Morgan fingerprint density at radius 2 is 2.19 bits per heavy atom. The van der Waals surface area contributed by atoms with Crippen molar-refractivity contribution in [2.24, 2.45) is 0 Å². The number of halogens is 1. The van der Waals surface area contributed by atoms with Crippen LogP contribution in [0.25, 0.3) is 0 Å². The van der Waals surface area contributed by atoms with Crippen LogP contribution in [-0.2, 0) is 6.54 Å². The zero-order valence-electron chi connectivity index (χ0n) is 13.0. The minimum absolute atomic E-state index is 0.370. The number of hydrogen-bond donors (Lipinski definition) is 1. The Kier molecular flexibility index (Phi) is 5.79. The van der Waals surface area contributed by atoms with E-state index in [1.165, 1.54) is 16.1 Å². The van der Waals surface area contributed by atoms with Crippen molar-refractivity contribution in [1.29, 1.82) is 0 Å². The number of hydrogen-bond acceptors (Lipinski definition) is 4. The van der Waals surface area contributed by atoms with Crippen LogP contribution >= 0.6 is 27.3 Å². The lowest BCUT2D eigenvalue weighted by atomic mass is 10.1. The van der Waals surface area contributed by atoms with E-state index in [0.717, 1.165) is 23.3 Å². The van der Waals surface area contributed by atoms with Gasteiger partial charge in [0.05, 0.1) is 23.4 Å². The third-order valence-electron chi connectivity index (χ3n) is 3.62. The topological polar surface area (TPSA) is 28.2 Å². The average molecular weight is 368 g/mol. The van der Waals surface area contributed by atoms with Crippen LogP contribution in [-0.4, -0.2) is 18.6 Å². The molecule has 1 N–H and O–H groups in total. The highest BCUT2D eigenvalue weighted by Gasteiger charge is 2.12. The van der Waals surface area contributed by atoms with E-state index in [1.807, 2.05) is 5.51 Å². The normalized spacial score (nSPS) is 12.4. The second-order valence-corrected chi connectivity index (χ2v) is 7.00. The van der Waals surface area contributed by atoms with Gasteiger partial charge in [-0.2, -0.15) is 0 Å². The van der Waals surface area contributed by atoms with E-state index in [4.69, 9.17) is 0 Å². The van der Waals surface area contributed by atoms with Gasteiger partial charge < -0.3 is 10.2 Å². The maximum absolute atomic E-state index is 4.32. The third kappa shape index (κ3) is 4.05. The van der Waals surface area contributed by atoms with Crippen LogP contribution in [0.4, 0.5) is 5.69 Å². The first-order valence-electron chi connectivity index (χ1n) is 7.15. The van der Waals surface area contributed by atoms with E-state index >= 15 is 0 Å². The van der Waals surface area contributed by atoms with Gasteiger partial charge >= 0.3 is 0 Å². The van der Waals surface area contributed by atoms with E-state index in [9.17, 15) is 0 Å². The Morgan fingerprint density at radius 3 is 2.76 bits per heavy atom. The Balaban J connectivity index is 2.15. The number of rotatable bonds is 6. The van der Waals surface area contributed by atoms with Crippen molar-refractivity contribution >= 4 is 33.0 Å². The number of aryl methyl sites for hydroxylation is 1. The zero-order valence-corrected chi connectivity index (χ0v) is 15.4. The molecule has 2 aromatic rings. The van der Waals surface area contributed by atoms with Crippen LogP contribution in [0.5, 0.6) is 0 Å². The molecule has 1 aromatic heterocycles. The maximum Gasteiger partial charge on any atom is 0.0798 e. The molecule has 0 aliphatic carbocycles. The van der Waals surface area contributed by atoms with E-state index in [1.54, 1.807) is 11.3 Å². The Bertz CT molecular complexity index is 597. The van der Waals surface area contributed by atoms with Gasteiger partial charge in [0.1, 0.15) is 0 Å². The van der Waals surface area contributed by atoms with Gasteiger partial charge in [0.15, 0.2) is 0 Å². The van der Waals surface area contributed by atoms with Gasteiger partial charge in [-0.1, -0.05) is 13.0 Å². The summed E-state index contributed by atoms with van der Waals surface area (Å²) in [5.41, 5.74) is 5.54. The lowest BCUT2D eigenvalue weighted by Gasteiger charge is -2.22. The van der Waals surface area contributed by atoms with Crippen molar-refractivity contribution in [3.05, 3.63) is 44.3 Å². The minimum atomic E-state index is 0.370. The summed E-state index contributed by atoms with van der Waals surface area (Å²) in [5, 5.41) is 3.44. The molecule has 0 spiro atoms. The van der Waals surface area contributed by atoms with Gasteiger partial charge in [0, 0.05) is 22.4 Å². The standard InChI is InChI=1S/C16H22BrN3S/c1-5-18-11(2)13-6-7-15(14(17)8-13)20(4)9-16-12(3)19-10-21-16/h6-8,10-11,18H,5,9H2,1-4H3. The fourth-order valence-electron chi connectivity index (χ4n) is 2.30. The molecule has 1 atom stereocenters. The molecular formula is C16H22BrN3S. The molecular weight excluding hydrogens is 346 g/mol. The molecule has 114 valence electrons. The first kappa shape index (κ1) is 16.5. The van der Waals surface area contributed by atoms with E-state index in [2.05, 4.69) is 77.1 Å². The first-order chi connectivity index (χ1) is 10.0. The quantitative estimate of drug-likeness (QED) is 0.813. The molecule has 2 rings (SSSR count). The lowest BCUT2D eigenvalue weighted by molar-refractivity contribution is 0.598. The number of aromatic nitrogens is 1. The van der Waals surface area contributed by atoms with Crippen molar-refractivity contribution in [3.63, 3.8) is 0 Å². The van der Waals surface area contributed by atoms with Crippen LogP contribution in [0.2, 0.25) is 0 Å². The van der Waals surface area contributed by atoms with Crippen LogP contribution in [0.15, 0.2) is 28.2 Å². The highest BCUT2D eigenvalue weighted by atomic mass is 79.9. The summed E-state index contributed by atoms with van der Waals surface area (Å²) in [5.74, 6) is 0. The molecule has 1 heterocycles. The zero-order chi connectivity index (χ0) is 15.4. The Morgan fingerprint density at radius 1 is 1.43 bits per heavy atom. The molecule has 0 saturated carbocycles. The molecule has 0 bridgehead atoms. The largest absolute Gasteiger partial charge is 0.368 e. The molecule has 1 unspecified atom stereocenters. The van der Waals surface area contributed by atoms with Gasteiger partial charge in [-0.05, 0) is 54.0 Å². The van der Waals surface area contributed by atoms with Crippen LogP contribution in [0.1, 0.15) is 36.0 Å². The number of benzene rings is 1. The maximum atomic E-state index is 4.32. The molecule has 21 heavy (non-hydrogen) atoms. The van der Waals surface area contributed by atoms with Gasteiger partial charge in [-0.3, -0.25) is 0 Å². The monoisotopic (exact) mass is 367 g/mol. The molecule has 0 fully saturated rings. The summed E-state index contributed by atoms with van der Waals surface area (Å²) in [7, 11) is 2.12. The SMILES string of the molecule is CCNC(C)c1ccc(N(C)Cc2scnc2C)c(Br)c1. The highest BCUT2D eigenvalue weighted by Crippen LogP contribution is 2.30. The Labute approximate surface area is 139 Å². The smallest absolute Gasteiger partial charge is 0.0798 e. The van der Waals surface area contributed by atoms with Gasteiger partial charge in [-0.25, -0.2) is 4.98 Å².